The summed E-state index contributed by atoms with van der Waals surface area (Å²) >= 11 is 0. The minimum absolute atomic E-state index is 0.212. The van der Waals surface area contributed by atoms with E-state index in [1.807, 2.05) is 55.2 Å². The van der Waals surface area contributed by atoms with E-state index in [2.05, 4.69) is 41.4 Å². The van der Waals surface area contributed by atoms with Crippen molar-refractivity contribution >= 4 is 5.70 Å². The lowest BCUT2D eigenvalue weighted by molar-refractivity contribution is 0.621. The zero-order chi connectivity index (χ0) is 23.3. The number of aromatic nitrogens is 2. The predicted octanol–water partition coefficient (Wildman–Crippen LogP) is 4.62. The molecule has 5 nitrogen and oxygen atoms in total. The Morgan fingerprint density at radius 3 is 2.59 bits per heavy atom. The number of halogens is 1. The van der Waals surface area contributed by atoms with Crippen molar-refractivity contribution in [2.75, 3.05) is 6.54 Å². The third kappa shape index (κ3) is 5.72. The van der Waals surface area contributed by atoms with Crippen LogP contribution in [0.25, 0.3) is 16.8 Å². The van der Waals surface area contributed by atoms with Gasteiger partial charge in [-0.3, -0.25) is 4.98 Å². The molecule has 1 unspecified atom stereocenters. The first-order valence-corrected chi connectivity index (χ1v) is 10.6. The van der Waals surface area contributed by atoms with Crippen LogP contribution in [0.1, 0.15) is 36.1 Å². The quantitative estimate of drug-likeness (QED) is 0.547. The van der Waals surface area contributed by atoms with E-state index in [0.29, 0.717) is 11.4 Å². The van der Waals surface area contributed by atoms with Gasteiger partial charge in [0.15, 0.2) is 0 Å². The highest BCUT2D eigenvalue weighted by Gasteiger charge is 2.10. The summed E-state index contributed by atoms with van der Waals surface area (Å²) in [6, 6.07) is 12.7. The Kier molecular flexibility index (Phi) is 7.25. The lowest BCUT2D eigenvalue weighted by Crippen LogP contribution is -2.18. The topological polar surface area (TPSA) is 68.2 Å². The van der Waals surface area contributed by atoms with Crippen LogP contribution in [0.2, 0.25) is 0 Å². The van der Waals surface area contributed by atoms with Crippen LogP contribution in [0.3, 0.4) is 0 Å². The van der Waals surface area contributed by atoms with Crippen molar-refractivity contribution in [1.82, 2.24) is 14.9 Å². The smallest absolute Gasteiger partial charge is 0.135 e. The number of nitrogens with two attached hydrogens (primary N) is 1. The molecule has 0 aliphatic carbocycles. The van der Waals surface area contributed by atoms with Crippen LogP contribution in [-0.2, 0) is 7.05 Å². The number of rotatable bonds is 8. The van der Waals surface area contributed by atoms with Crippen molar-refractivity contribution in [2.45, 2.75) is 26.2 Å². The maximum absolute atomic E-state index is 13.1. The molecule has 0 amide bonds. The molecule has 32 heavy (non-hydrogen) atoms. The molecule has 0 saturated heterocycles. The molecule has 0 aliphatic heterocycles. The number of nitrogens with zero attached hydrogens (tertiary/aromatic N) is 3. The molecule has 0 radical (unpaired) electrons. The predicted molar refractivity (Wildman–Crippen MR) is 129 cm³/mol. The number of pyridine rings is 2. The summed E-state index contributed by atoms with van der Waals surface area (Å²) in [6.07, 6.45) is 4.68. The van der Waals surface area contributed by atoms with Gasteiger partial charge in [0.25, 0.3) is 0 Å². The van der Waals surface area contributed by atoms with E-state index in [1.165, 1.54) is 12.1 Å². The van der Waals surface area contributed by atoms with E-state index in [9.17, 15) is 4.39 Å². The van der Waals surface area contributed by atoms with Crippen LogP contribution in [0, 0.1) is 12.7 Å². The Bertz CT molecular complexity index is 1190. The summed E-state index contributed by atoms with van der Waals surface area (Å²) in [6.45, 7) is 12.7. The number of nitrogens with one attached hydrogen (secondary N) is 1. The average Bonchev–Trinajstić information content (AvgIpc) is 2.75. The number of aryl methyl sites for hydroxylation is 2. The molecule has 1 aromatic carbocycles. The van der Waals surface area contributed by atoms with Crippen LogP contribution in [-0.4, -0.2) is 16.1 Å². The van der Waals surface area contributed by atoms with Crippen molar-refractivity contribution in [3.05, 3.63) is 102 Å². The SMILES string of the molecule is C=C(N)/N=c1/cc(-c2cnc(C)c(C(=C)NCCC(C)c3ccc(F)cc3)c2)ccn1C. The number of benzene rings is 1. The molecule has 3 rings (SSSR count). The summed E-state index contributed by atoms with van der Waals surface area (Å²) in [5, 5.41) is 3.42. The minimum Gasteiger partial charge on any atom is -0.385 e. The molecule has 0 spiro atoms. The largest absolute Gasteiger partial charge is 0.385 e. The molecule has 2 heterocycles. The van der Waals surface area contributed by atoms with Gasteiger partial charge in [-0.1, -0.05) is 32.2 Å². The number of hydrogen-bond acceptors (Lipinski definition) is 4. The standard InChI is InChI=1S/C26H30FN5/c1-17(21-6-8-24(27)9-7-21)10-12-29-18(2)25-14-23(16-30-19(25)3)22-11-13-32(5)26(15-22)31-20(4)28/h6-9,11,13-17,29H,2,4,10,12,28H2,1,3,5H3/b31-26-. The Morgan fingerprint density at radius 2 is 1.91 bits per heavy atom. The third-order valence-electron chi connectivity index (χ3n) is 5.48. The fraction of sp³-hybridized carbons (Fsp3) is 0.231. The fourth-order valence-corrected chi connectivity index (χ4v) is 3.48. The van der Waals surface area contributed by atoms with Gasteiger partial charge in [-0.2, -0.15) is 0 Å². The van der Waals surface area contributed by atoms with Crippen molar-refractivity contribution in [1.29, 1.82) is 0 Å². The highest BCUT2D eigenvalue weighted by atomic mass is 19.1. The number of hydrogen-bond donors (Lipinski definition) is 2. The van der Waals surface area contributed by atoms with Crippen molar-refractivity contribution in [3.63, 3.8) is 0 Å². The van der Waals surface area contributed by atoms with Gasteiger partial charge in [-0.05, 0) is 60.7 Å². The summed E-state index contributed by atoms with van der Waals surface area (Å²) in [7, 11) is 1.91. The Hall–Kier alpha value is -3.67. The molecule has 2 aromatic heterocycles. The van der Waals surface area contributed by atoms with Gasteiger partial charge in [0.1, 0.15) is 17.1 Å². The van der Waals surface area contributed by atoms with E-state index >= 15 is 0 Å². The lowest BCUT2D eigenvalue weighted by Gasteiger charge is -2.16. The van der Waals surface area contributed by atoms with Gasteiger partial charge in [0.05, 0.1) is 0 Å². The van der Waals surface area contributed by atoms with Crippen LogP contribution in [0.5, 0.6) is 0 Å². The summed E-state index contributed by atoms with van der Waals surface area (Å²) in [5.41, 5.74) is 12.1. The highest BCUT2D eigenvalue weighted by Crippen LogP contribution is 2.23. The zero-order valence-electron chi connectivity index (χ0n) is 18.9. The van der Waals surface area contributed by atoms with E-state index in [1.54, 1.807) is 0 Å². The molecule has 0 bridgehead atoms. The third-order valence-corrected chi connectivity index (χ3v) is 5.48. The normalized spacial score (nSPS) is 12.4. The average molecular weight is 432 g/mol. The Morgan fingerprint density at radius 1 is 1.19 bits per heavy atom. The molecular formula is C26H30FN5. The van der Waals surface area contributed by atoms with Gasteiger partial charge >= 0.3 is 0 Å². The van der Waals surface area contributed by atoms with E-state index in [-0.39, 0.29) is 11.6 Å². The first kappa shape index (κ1) is 23.0. The second kappa shape index (κ2) is 10.1. The summed E-state index contributed by atoms with van der Waals surface area (Å²) in [4.78, 5) is 8.85. The molecule has 0 saturated carbocycles. The molecule has 6 heteroatoms. The highest BCUT2D eigenvalue weighted by molar-refractivity contribution is 5.71. The van der Waals surface area contributed by atoms with Crippen LogP contribution < -0.4 is 16.5 Å². The second-order valence-corrected chi connectivity index (χ2v) is 7.99. The Balaban J connectivity index is 1.73. The van der Waals surface area contributed by atoms with Crippen molar-refractivity contribution in [3.8, 4) is 11.1 Å². The molecule has 3 aromatic rings. The molecule has 1 atom stereocenters. The van der Waals surface area contributed by atoms with Crippen LogP contribution in [0.15, 0.2) is 78.8 Å². The maximum Gasteiger partial charge on any atom is 0.135 e. The fourth-order valence-electron chi connectivity index (χ4n) is 3.48. The summed E-state index contributed by atoms with van der Waals surface area (Å²) < 4.78 is 15.0. The molecule has 166 valence electrons. The van der Waals surface area contributed by atoms with Crippen LogP contribution >= 0.6 is 0 Å². The van der Waals surface area contributed by atoms with E-state index in [0.717, 1.165) is 46.6 Å². The van der Waals surface area contributed by atoms with Gasteiger partial charge in [0, 0.05) is 48.5 Å². The molecule has 0 fully saturated rings. The lowest BCUT2D eigenvalue weighted by atomic mass is 9.97. The van der Waals surface area contributed by atoms with E-state index < -0.39 is 0 Å². The minimum atomic E-state index is -0.212. The monoisotopic (exact) mass is 431 g/mol. The van der Waals surface area contributed by atoms with Crippen molar-refractivity contribution in [2.24, 2.45) is 17.8 Å². The second-order valence-electron chi connectivity index (χ2n) is 7.99. The van der Waals surface area contributed by atoms with Crippen molar-refractivity contribution < 1.29 is 4.39 Å². The zero-order valence-corrected chi connectivity index (χ0v) is 18.9. The first-order valence-electron chi connectivity index (χ1n) is 10.6. The van der Waals surface area contributed by atoms with Gasteiger partial charge in [-0.15, -0.1) is 0 Å². The molecular weight excluding hydrogens is 401 g/mol. The maximum atomic E-state index is 13.1. The van der Waals surface area contributed by atoms with E-state index in [4.69, 9.17) is 5.73 Å². The Labute approximate surface area is 188 Å². The molecule has 0 aliphatic rings. The van der Waals surface area contributed by atoms with Crippen LogP contribution in [0.4, 0.5) is 4.39 Å². The first-order chi connectivity index (χ1) is 15.2. The van der Waals surface area contributed by atoms with Gasteiger partial charge in [-0.25, -0.2) is 9.38 Å². The summed E-state index contributed by atoms with van der Waals surface area (Å²) in [5.74, 6) is 0.357. The van der Waals surface area contributed by atoms with Gasteiger partial charge in [0.2, 0.25) is 0 Å². The molecule has 3 N–H and O–H groups in total. The van der Waals surface area contributed by atoms with Gasteiger partial charge < -0.3 is 15.6 Å².